The summed E-state index contributed by atoms with van der Waals surface area (Å²) in [5.74, 6) is 2.03. The Morgan fingerprint density at radius 2 is 1.78 bits per heavy atom. The second-order valence-electron chi connectivity index (χ2n) is 7.28. The Bertz CT molecular complexity index is 627. The average Bonchev–Trinajstić information content (AvgIpc) is 3.18. The molecule has 3 fully saturated rings. The van der Waals surface area contributed by atoms with Crippen molar-refractivity contribution in [3.63, 3.8) is 0 Å². The average molecular weight is 323 g/mol. The van der Waals surface area contributed by atoms with E-state index in [0.29, 0.717) is 17.8 Å². The Labute approximate surface area is 133 Å². The number of amides is 1. The van der Waals surface area contributed by atoms with Crippen LogP contribution in [0, 0.1) is 23.7 Å². The van der Waals surface area contributed by atoms with E-state index in [1.165, 1.54) is 37.5 Å². The van der Waals surface area contributed by atoms with Gasteiger partial charge in [0.05, 0.1) is 11.1 Å². The van der Waals surface area contributed by atoms with E-state index in [9.17, 15) is 18.0 Å². The zero-order chi connectivity index (χ0) is 16.2. The van der Waals surface area contributed by atoms with Crippen LogP contribution >= 0.6 is 0 Å². The van der Waals surface area contributed by atoms with Gasteiger partial charge in [0.1, 0.15) is 0 Å². The van der Waals surface area contributed by atoms with Gasteiger partial charge >= 0.3 is 6.18 Å². The summed E-state index contributed by atoms with van der Waals surface area (Å²) in [7, 11) is 0. The molecule has 1 amide bonds. The first-order valence-corrected chi connectivity index (χ1v) is 8.42. The molecule has 4 rings (SSSR count). The number of carbonyl (C=O) groups excluding carboxylic acids is 1. The summed E-state index contributed by atoms with van der Waals surface area (Å²) in [5, 5.41) is 2.91. The fraction of sp³-hybridized carbons (Fsp3) is 0.611. The number of fused-ring (bicyclic) bond motifs is 5. The monoisotopic (exact) mass is 323 g/mol. The second kappa shape index (κ2) is 5.25. The lowest BCUT2D eigenvalue weighted by Crippen LogP contribution is -2.43. The zero-order valence-electron chi connectivity index (χ0n) is 12.8. The van der Waals surface area contributed by atoms with Crippen LogP contribution in [0.1, 0.15) is 48.0 Å². The molecular formula is C18H20F3NO. The first kappa shape index (κ1) is 15.0. The molecule has 0 heterocycles. The Morgan fingerprint density at radius 1 is 1.04 bits per heavy atom. The van der Waals surface area contributed by atoms with Crippen molar-refractivity contribution in [2.45, 2.75) is 44.3 Å². The largest absolute Gasteiger partial charge is 0.417 e. The van der Waals surface area contributed by atoms with Gasteiger partial charge in [-0.1, -0.05) is 18.6 Å². The van der Waals surface area contributed by atoms with Crippen molar-refractivity contribution in [2.24, 2.45) is 23.7 Å². The lowest BCUT2D eigenvalue weighted by molar-refractivity contribution is -0.137. The summed E-state index contributed by atoms with van der Waals surface area (Å²) < 4.78 is 39.2. The minimum atomic E-state index is -4.50. The van der Waals surface area contributed by atoms with Crippen molar-refractivity contribution >= 4 is 5.91 Å². The van der Waals surface area contributed by atoms with Gasteiger partial charge in [0, 0.05) is 6.04 Å². The number of carbonyl (C=O) groups is 1. The number of halogens is 3. The van der Waals surface area contributed by atoms with Crippen LogP contribution in [0.3, 0.4) is 0 Å². The highest BCUT2D eigenvalue weighted by atomic mass is 19.4. The third kappa shape index (κ3) is 2.45. The molecule has 23 heavy (non-hydrogen) atoms. The second-order valence-corrected chi connectivity index (χ2v) is 7.28. The Balaban J connectivity index is 1.52. The molecule has 3 aliphatic rings. The standard InChI is InChI=1S/C18H20F3NO/c19-18(20,21)15-7-2-1-4-13(15)17(23)22-16-9-10-8-14(16)12-6-3-5-11(10)12/h1-2,4,7,10-12,14,16H,3,5-6,8-9H2,(H,22,23)/t10-,11-,12+,14+,16+/m0/s1. The highest BCUT2D eigenvalue weighted by Crippen LogP contribution is 2.58. The van der Waals surface area contributed by atoms with E-state index in [1.807, 2.05) is 0 Å². The van der Waals surface area contributed by atoms with Gasteiger partial charge in [-0.05, 0) is 61.5 Å². The third-order valence-electron chi connectivity index (χ3n) is 6.22. The van der Waals surface area contributed by atoms with E-state index in [4.69, 9.17) is 0 Å². The summed E-state index contributed by atoms with van der Waals surface area (Å²) >= 11 is 0. The van der Waals surface area contributed by atoms with E-state index in [1.54, 1.807) is 0 Å². The predicted octanol–water partition coefficient (Wildman–Crippen LogP) is 4.26. The van der Waals surface area contributed by atoms with Crippen LogP contribution in [0.4, 0.5) is 13.2 Å². The van der Waals surface area contributed by atoms with Crippen LogP contribution in [0.25, 0.3) is 0 Å². The van der Waals surface area contributed by atoms with Gasteiger partial charge in [0.2, 0.25) is 0 Å². The number of nitrogens with one attached hydrogen (secondary N) is 1. The number of alkyl halides is 3. The number of hydrogen-bond donors (Lipinski definition) is 1. The molecule has 1 aromatic carbocycles. The van der Waals surface area contributed by atoms with Crippen molar-refractivity contribution < 1.29 is 18.0 Å². The third-order valence-corrected chi connectivity index (χ3v) is 6.22. The molecule has 5 heteroatoms. The van der Waals surface area contributed by atoms with Crippen molar-refractivity contribution in [1.82, 2.24) is 5.32 Å². The van der Waals surface area contributed by atoms with Gasteiger partial charge in [-0.25, -0.2) is 0 Å². The van der Waals surface area contributed by atoms with Crippen LogP contribution in [0.2, 0.25) is 0 Å². The Kier molecular flexibility index (Phi) is 3.43. The maximum absolute atomic E-state index is 13.1. The molecule has 0 saturated heterocycles. The van der Waals surface area contributed by atoms with Gasteiger partial charge in [0.15, 0.2) is 0 Å². The van der Waals surface area contributed by atoms with E-state index >= 15 is 0 Å². The number of benzene rings is 1. The molecule has 0 spiro atoms. The van der Waals surface area contributed by atoms with Crippen molar-refractivity contribution in [2.75, 3.05) is 0 Å². The normalized spacial score (nSPS) is 35.3. The van der Waals surface area contributed by atoms with Crippen LogP contribution < -0.4 is 5.32 Å². The molecule has 3 saturated carbocycles. The number of rotatable bonds is 2. The van der Waals surface area contributed by atoms with E-state index < -0.39 is 17.6 Å². The van der Waals surface area contributed by atoms with Crippen LogP contribution in [-0.4, -0.2) is 11.9 Å². The smallest absolute Gasteiger partial charge is 0.349 e. The maximum Gasteiger partial charge on any atom is 0.417 e. The molecule has 124 valence electrons. The van der Waals surface area contributed by atoms with E-state index in [2.05, 4.69) is 5.32 Å². The summed E-state index contributed by atoms with van der Waals surface area (Å²) in [6.45, 7) is 0. The molecule has 3 aliphatic carbocycles. The number of hydrogen-bond acceptors (Lipinski definition) is 1. The van der Waals surface area contributed by atoms with Crippen molar-refractivity contribution in [3.8, 4) is 0 Å². The van der Waals surface area contributed by atoms with Crippen molar-refractivity contribution in [1.29, 1.82) is 0 Å². The molecule has 1 aromatic rings. The van der Waals surface area contributed by atoms with Crippen LogP contribution in [-0.2, 0) is 6.18 Å². The summed E-state index contributed by atoms with van der Waals surface area (Å²) in [5.41, 5.74) is -1.11. The fourth-order valence-electron chi connectivity index (χ4n) is 5.41. The highest BCUT2D eigenvalue weighted by Gasteiger charge is 2.54. The minimum Gasteiger partial charge on any atom is -0.349 e. The topological polar surface area (TPSA) is 29.1 Å². The predicted molar refractivity (Wildman–Crippen MR) is 79.7 cm³/mol. The first-order valence-electron chi connectivity index (χ1n) is 8.42. The first-order chi connectivity index (χ1) is 10.9. The quantitative estimate of drug-likeness (QED) is 0.866. The molecule has 0 aliphatic heterocycles. The van der Waals surface area contributed by atoms with Gasteiger partial charge < -0.3 is 5.32 Å². The zero-order valence-corrected chi connectivity index (χ0v) is 12.8. The Hall–Kier alpha value is -1.52. The molecule has 0 aromatic heterocycles. The molecule has 0 unspecified atom stereocenters. The summed E-state index contributed by atoms with van der Waals surface area (Å²) in [6.07, 6.45) is 1.35. The molecular weight excluding hydrogens is 303 g/mol. The molecule has 2 bridgehead atoms. The SMILES string of the molecule is O=C(N[C@@H]1C[C@@H]2C[C@@H]1[C@@H]1CCC[C@@H]21)c1ccccc1C(F)(F)F. The van der Waals surface area contributed by atoms with Gasteiger partial charge in [-0.3, -0.25) is 4.79 Å². The van der Waals surface area contributed by atoms with Gasteiger partial charge in [0.25, 0.3) is 5.91 Å². The molecule has 2 nitrogen and oxygen atoms in total. The summed E-state index contributed by atoms with van der Waals surface area (Å²) in [6, 6.07) is 5.10. The highest BCUT2D eigenvalue weighted by molar-refractivity contribution is 5.96. The fourth-order valence-corrected chi connectivity index (χ4v) is 5.41. The van der Waals surface area contributed by atoms with Crippen LogP contribution in [0.15, 0.2) is 24.3 Å². The molecule has 0 radical (unpaired) electrons. The minimum absolute atomic E-state index is 0.0492. The van der Waals surface area contributed by atoms with E-state index in [0.717, 1.165) is 24.8 Å². The van der Waals surface area contributed by atoms with Crippen molar-refractivity contribution in [3.05, 3.63) is 35.4 Å². The lowest BCUT2D eigenvalue weighted by Gasteiger charge is -2.32. The molecule has 5 atom stereocenters. The molecule has 1 N–H and O–H groups in total. The van der Waals surface area contributed by atoms with E-state index in [-0.39, 0.29) is 11.6 Å². The summed E-state index contributed by atoms with van der Waals surface area (Å²) in [4.78, 5) is 12.4. The lowest BCUT2D eigenvalue weighted by atomic mass is 9.79. The van der Waals surface area contributed by atoms with Crippen LogP contribution in [0.5, 0.6) is 0 Å². The van der Waals surface area contributed by atoms with Gasteiger partial charge in [-0.15, -0.1) is 0 Å². The van der Waals surface area contributed by atoms with Gasteiger partial charge in [-0.2, -0.15) is 13.2 Å². The Morgan fingerprint density at radius 3 is 2.57 bits per heavy atom. The maximum atomic E-state index is 13.1.